The molecule has 0 saturated heterocycles. The second-order valence-electron chi connectivity index (χ2n) is 4.59. The summed E-state index contributed by atoms with van der Waals surface area (Å²) in [7, 11) is -3.68. The molecular formula is C14H18N4O2S. The topological polar surface area (TPSA) is 84.0 Å². The third kappa shape index (κ3) is 3.91. The monoisotopic (exact) mass is 306 g/mol. The van der Waals surface area contributed by atoms with Gasteiger partial charge in [-0.1, -0.05) is 25.1 Å². The van der Waals surface area contributed by atoms with Crippen LogP contribution in [0.4, 0.5) is 11.6 Å². The number of benzene rings is 1. The molecule has 2 rings (SSSR count). The van der Waals surface area contributed by atoms with E-state index in [0.29, 0.717) is 11.6 Å². The third-order valence-electron chi connectivity index (χ3n) is 2.86. The Hall–Kier alpha value is -2.15. The van der Waals surface area contributed by atoms with Gasteiger partial charge < -0.3 is 5.32 Å². The van der Waals surface area contributed by atoms with Gasteiger partial charge in [0.05, 0.1) is 18.1 Å². The predicted molar refractivity (Wildman–Crippen MR) is 82.8 cm³/mol. The van der Waals surface area contributed by atoms with E-state index < -0.39 is 10.0 Å². The lowest BCUT2D eigenvalue weighted by Gasteiger charge is -2.10. The van der Waals surface area contributed by atoms with E-state index in [-0.39, 0.29) is 4.90 Å². The van der Waals surface area contributed by atoms with Crippen molar-refractivity contribution in [2.24, 2.45) is 0 Å². The van der Waals surface area contributed by atoms with Crippen molar-refractivity contribution in [2.45, 2.75) is 25.2 Å². The average molecular weight is 306 g/mol. The van der Waals surface area contributed by atoms with E-state index in [4.69, 9.17) is 0 Å². The Morgan fingerprint density at radius 1 is 1.14 bits per heavy atom. The largest absolute Gasteiger partial charge is 0.354 e. The van der Waals surface area contributed by atoms with Gasteiger partial charge in [-0.15, -0.1) is 0 Å². The molecule has 1 heterocycles. The van der Waals surface area contributed by atoms with Crippen molar-refractivity contribution in [2.75, 3.05) is 16.6 Å². The van der Waals surface area contributed by atoms with Crippen molar-refractivity contribution in [3.8, 4) is 0 Å². The molecule has 0 unspecified atom stereocenters. The fourth-order valence-electron chi connectivity index (χ4n) is 1.67. The van der Waals surface area contributed by atoms with Crippen molar-refractivity contribution in [1.82, 2.24) is 9.97 Å². The minimum Gasteiger partial charge on any atom is -0.354 e. The molecule has 1 aromatic carbocycles. The van der Waals surface area contributed by atoms with Crippen LogP contribution in [-0.2, 0) is 10.0 Å². The Morgan fingerprint density at radius 2 is 1.81 bits per heavy atom. The maximum absolute atomic E-state index is 12.3. The molecule has 0 spiro atoms. The quantitative estimate of drug-likeness (QED) is 0.856. The highest BCUT2D eigenvalue weighted by atomic mass is 32.2. The lowest BCUT2D eigenvalue weighted by molar-refractivity contribution is 0.600. The van der Waals surface area contributed by atoms with Crippen LogP contribution in [0.15, 0.2) is 41.6 Å². The second-order valence-corrected chi connectivity index (χ2v) is 6.27. The van der Waals surface area contributed by atoms with Crippen molar-refractivity contribution in [3.05, 3.63) is 42.2 Å². The molecule has 0 amide bonds. The van der Waals surface area contributed by atoms with Crippen molar-refractivity contribution < 1.29 is 8.42 Å². The summed E-state index contributed by atoms with van der Waals surface area (Å²) in [5.41, 5.74) is 1.40. The van der Waals surface area contributed by atoms with Gasteiger partial charge in [-0.2, -0.15) is 0 Å². The lowest BCUT2D eigenvalue weighted by Crippen LogP contribution is -2.15. The van der Waals surface area contributed by atoms with Gasteiger partial charge in [0.1, 0.15) is 4.90 Å². The molecule has 2 N–H and O–H groups in total. The van der Waals surface area contributed by atoms with Crippen LogP contribution in [0.1, 0.15) is 18.9 Å². The summed E-state index contributed by atoms with van der Waals surface area (Å²) in [4.78, 5) is 8.05. The zero-order valence-electron chi connectivity index (χ0n) is 12.0. The molecule has 21 heavy (non-hydrogen) atoms. The van der Waals surface area contributed by atoms with Gasteiger partial charge in [-0.25, -0.2) is 18.4 Å². The molecule has 112 valence electrons. The van der Waals surface area contributed by atoms with Crippen LogP contribution in [0, 0.1) is 6.92 Å². The normalized spacial score (nSPS) is 11.1. The Balaban J connectivity index is 2.18. The molecule has 0 fully saturated rings. The SMILES string of the molecule is CCCNc1ncc(S(=O)(=O)Nc2ccccc2C)cn1. The first-order valence-electron chi connectivity index (χ1n) is 6.67. The number of hydrogen-bond donors (Lipinski definition) is 2. The number of aromatic nitrogens is 2. The van der Waals surface area contributed by atoms with Crippen LogP contribution >= 0.6 is 0 Å². The van der Waals surface area contributed by atoms with Gasteiger partial charge >= 0.3 is 0 Å². The Morgan fingerprint density at radius 3 is 2.43 bits per heavy atom. The lowest BCUT2D eigenvalue weighted by atomic mass is 10.2. The zero-order chi connectivity index (χ0) is 15.3. The summed E-state index contributed by atoms with van der Waals surface area (Å²) in [5.74, 6) is 0.423. The molecule has 6 nitrogen and oxygen atoms in total. The standard InChI is InChI=1S/C14H18N4O2S/c1-3-8-15-14-16-9-12(10-17-14)21(19,20)18-13-7-5-4-6-11(13)2/h4-7,9-10,18H,3,8H2,1-2H3,(H,15,16,17). The van der Waals surface area contributed by atoms with Crippen LogP contribution in [0.3, 0.4) is 0 Å². The second kappa shape index (κ2) is 6.53. The van der Waals surface area contributed by atoms with E-state index in [1.54, 1.807) is 12.1 Å². The fraction of sp³-hybridized carbons (Fsp3) is 0.286. The number of rotatable bonds is 6. The number of nitrogens with zero attached hydrogens (tertiary/aromatic N) is 2. The summed E-state index contributed by atoms with van der Waals surface area (Å²) in [5, 5.41) is 2.99. The smallest absolute Gasteiger partial charge is 0.264 e. The number of hydrogen-bond acceptors (Lipinski definition) is 5. The number of anilines is 2. The van der Waals surface area contributed by atoms with Gasteiger partial charge in [0.25, 0.3) is 10.0 Å². The minimum atomic E-state index is -3.68. The Bertz CT molecular complexity index is 699. The van der Waals surface area contributed by atoms with E-state index in [1.807, 2.05) is 26.0 Å². The molecule has 0 aliphatic heterocycles. The van der Waals surface area contributed by atoms with E-state index in [1.165, 1.54) is 12.4 Å². The molecule has 7 heteroatoms. The van der Waals surface area contributed by atoms with Crippen LogP contribution in [0.5, 0.6) is 0 Å². The van der Waals surface area contributed by atoms with Crippen LogP contribution in [0.25, 0.3) is 0 Å². The van der Waals surface area contributed by atoms with E-state index in [0.717, 1.165) is 18.5 Å². The van der Waals surface area contributed by atoms with Crippen LogP contribution < -0.4 is 10.0 Å². The maximum atomic E-state index is 12.3. The first-order valence-corrected chi connectivity index (χ1v) is 8.15. The van der Waals surface area contributed by atoms with Crippen molar-refractivity contribution >= 4 is 21.7 Å². The van der Waals surface area contributed by atoms with Gasteiger partial charge in [0.15, 0.2) is 0 Å². The molecular weight excluding hydrogens is 288 g/mol. The van der Waals surface area contributed by atoms with Crippen molar-refractivity contribution in [3.63, 3.8) is 0 Å². The maximum Gasteiger partial charge on any atom is 0.264 e. The molecule has 0 aliphatic carbocycles. The molecule has 0 atom stereocenters. The molecule has 0 radical (unpaired) electrons. The number of nitrogens with one attached hydrogen (secondary N) is 2. The van der Waals surface area contributed by atoms with Crippen LogP contribution in [-0.4, -0.2) is 24.9 Å². The van der Waals surface area contributed by atoms with Gasteiger partial charge in [-0.3, -0.25) is 4.72 Å². The molecule has 0 bridgehead atoms. The minimum absolute atomic E-state index is 0.0350. The first kappa shape index (κ1) is 15.2. The Kier molecular flexibility index (Phi) is 4.74. The van der Waals surface area contributed by atoms with Crippen LogP contribution in [0.2, 0.25) is 0 Å². The summed E-state index contributed by atoms with van der Waals surface area (Å²) >= 11 is 0. The van der Waals surface area contributed by atoms with Gasteiger partial charge in [-0.05, 0) is 25.0 Å². The first-order chi connectivity index (χ1) is 10.0. The Labute approximate surface area is 124 Å². The molecule has 1 aromatic heterocycles. The summed E-state index contributed by atoms with van der Waals surface area (Å²) in [6, 6.07) is 7.18. The highest BCUT2D eigenvalue weighted by molar-refractivity contribution is 7.92. The average Bonchev–Trinajstić information content (AvgIpc) is 2.48. The summed E-state index contributed by atoms with van der Waals surface area (Å²) < 4.78 is 27.1. The third-order valence-corrected chi connectivity index (χ3v) is 4.18. The van der Waals surface area contributed by atoms with E-state index in [2.05, 4.69) is 20.0 Å². The summed E-state index contributed by atoms with van der Waals surface area (Å²) in [6.45, 7) is 4.61. The fourth-order valence-corrected chi connectivity index (χ4v) is 2.69. The number of aryl methyl sites for hydroxylation is 1. The molecule has 0 aliphatic rings. The number of para-hydroxylation sites is 1. The van der Waals surface area contributed by atoms with Gasteiger partial charge in [0.2, 0.25) is 5.95 Å². The van der Waals surface area contributed by atoms with Gasteiger partial charge in [0, 0.05) is 6.54 Å². The number of sulfonamides is 1. The van der Waals surface area contributed by atoms with E-state index >= 15 is 0 Å². The summed E-state index contributed by atoms with van der Waals surface area (Å²) in [6.07, 6.45) is 3.54. The zero-order valence-corrected chi connectivity index (χ0v) is 12.8. The highest BCUT2D eigenvalue weighted by Gasteiger charge is 2.16. The molecule has 0 saturated carbocycles. The highest BCUT2D eigenvalue weighted by Crippen LogP contribution is 2.18. The molecule has 2 aromatic rings. The van der Waals surface area contributed by atoms with Crippen molar-refractivity contribution in [1.29, 1.82) is 0 Å². The predicted octanol–water partition coefficient (Wildman–Crippen LogP) is 2.41. The van der Waals surface area contributed by atoms with E-state index in [9.17, 15) is 8.42 Å².